The summed E-state index contributed by atoms with van der Waals surface area (Å²) in [6.07, 6.45) is 8.71. The lowest BCUT2D eigenvalue weighted by Crippen LogP contribution is -2.49. The molecule has 0 bridgehead atoms. The lowest BCUT2D eigenvalue weighted by Gasteiger charge is -2.31. The van der Waals surface area contributed by atoms with Crippen LogP contribution in [-0.2, 0) is 4.79 Å². The maximum Gasteiger partial charge on any atom is 0.251 e. The van der Waals surface area contributed by atoms with Crippen molar-refractivity contribution in [3.63, 3.8) is 0 Å². The summed E-state index contributed by atoms with van der Waals surface area (Å²) in [4.78, 5) is 29.6. The van der Waals surface area contributed by atoms with E-state index >= 15 is 0 Å². The van der Waals surface area contributed by atoms with E-state index in [1.165, 1.54) is 0 Å². The number of nitriles is 1. The maximum absolute atomic E-state index is 12.8. The molecule has 28 heavy (non-hydrogen) atoms. The van der Waals surface area contributed by atoms with E-state index in [0.717, 1.165) is 49.3 Å². The third-order valence-corrected chi connectivity index (χ3v) is 6.01. The van der Waals surface area contributed by atoms with Crippen LogP contribution in [0.5, 0.6) is 0 Å². The number of pyridine rings is 1. The molecule has 144 valence electrons. The van der Waals surface area contributed by atoms with Crippen LogP contribution in [0.25, 0.3) is 10.8 Å². The molecule has 2 fully saturated rings. The number of nitrogens with zero attached hydrogens (tertiary/aromatic N) is 2. The first-order valence-corrected chi connectivity index (χ1v) is 9.94. The zero-order chi connectivity index (χ0) is 19.6. The Hall–Kier alpha value is -2.94. The maximum atomic E-state index is 12.8. The number of amides is 2. The quantitative estimate of drug-likeness (QED) is 0.839. The molecule has 0 unspecified atom stereocenters. The van der Waals surface area contributed by atoms with Crippen molar-refractivity contribution < 1.29 is 9.59 Å². The number of hydrogen-bond acceptors (Lipinski definition) is 4. The van der Waals surface area contributed by atoms with E-state index in [1.807, 2.05) is 18.2 Å². The summed E-state index contributed by atoms with van der Waals surface area (Å²) in [5, 5.41) is 17.2. The third kappa shape index (κ3) is 3.84. The number of benzene rings is 1. The van der Waals surface area contributed by atoms with Gasteiger partial charge in [0.1, 0.15) is 0 Å². The largest absolute Gasteiger partial charge is 0.354 e. The van der Waals surface area contributed by atoms with Gasteiger partial charge in [-0.1, -0.05) is 18.9 Å². The van der Waals surface area contributed by atoms with E-state index in [2.05, 4.69) is 21.7 Å². The highest BCUT2D eigenvalue weighted by Crippen LogP contribution is 2.44. The Morgan fingerprint density at radius 1 is 1.18 bits per heavy atom. The lowest BCUT2D eigenvalue weighted by molar-refractivity contribution is -0.126. The van der Waals surface area contributed by atoms with Gasteiger partial charge in [0, 0.05) is 35.9 Å². The van der Waals surface area contributed by atoms with Crippen molar-refractivity contribution in [2.75, 3.05) is 6.54 Å². The van der Waals surface area contributed by atoms with Crippen molar-refractivity contribution in [3.05, 3.63) is 42.2 Å². The van der Waals surface area contributed by atoms with Crippen LogP contribution in [0.4, 0.5) is 0 Å². The molecule has 1 heterocycles. The number of rotatable bonds is 5. The molecular formula is C22H24N4O2. The second kappa shape index (κ2) is 7.59. The fourth-order valence-corrected chi connectivity index (χ4v) is 3.96. The number of nitrogens with one attached hydrogen (secondary N) is 2. The van der Waals surface area contributed by atoms with Crippen LogP contribution in [-0.4, -0.2) is 29.4 Å². The summed E-state index contributed by atoms with van der Waals surface area (Å²) in [5.74, 6) is -0.449. The van der Waals surface area contributed by atoms with Crippen LogP contribution in [0.2, 0.25) is 0 Å². The number of fused-ring (bicyclic) bond motifs is 1. The molecular weight excluding hydrogens is 352 g/mol. The zero-order valence-corrected chi connectivity index (χ0v) is 15.8. The second-order valence-corrected chi connectivity index (χ2v) is 8.02. The Balaban J connectivity index is 1.42. The Labute approximate surface area is 164 Å². The molecule has 1 aromatic carbocycles. The highest BCUT2D eigenvalue weighted by Gasteiger charge is 2.44. The van der Waals surface area contributed by atoms with Crippen LogP contribution in [0.1, 0.15) is 48.9 Å². The molecule has 2 atom stereocenters. The van der Waals surface area contributed by atoms with Crippen molar-refractivity contribution in [1.82, 2.24) is 15.6 Å². The van der Waals surface area contributed by atoms with Crippen molar-refractivity contribution in [2.45, 2.75) is 44.6 Å². The smallest absolute Gasteiger partial charge is 0.251 e. The normalized spacial score (nSPS) is 22.8. The van der Waals surface area contributed by atoms with Gasteiger partial charge in [0.15, 0.2) is 0 Å². The average molecular weight is 376 g/mol. The summed E-state index contributed by atoms with van der Waals surface area (Å²) in [7, 11) is 0. The van der Waals surface area contributed by atoms with Gasteiger partial charge in [0.2, 0.25) is 5.91 Å². The number of carbonyl (C=O) groups is 2. The van der Waals surface area contributed by atoms with Gasteiger partial charge in [-0.15, -0.1) is 0 Å². The molecule has 0 saturated heterocycles. The molecule has 4 rings (SSSR count). The number of aromatic nitrogens is 1. The molecule has 0 aliphatic heterocycles. The third-order valence-electron chi connectivity index (χ3n) is 6.01. The van der Waals surface area contributed by atoms with Gasteiger partial charge in [-0.05, 0) is 49.3 Å². The fourth-order valence-electron chi connectivity index (χ4n) is 3.96. The van der Waals surface area contributed by atoms with Crippen LogP contribution >= 0.6 is 0 Å². The first kappa shape index (κ1) is 18.4. The van der Waals surface area contributed by atoms with Gasteiger partial charge >= 0.3 is 0 Å². The van der Waals surface area contributed by atoms with Crippen molar-refractivity contribution >= 4 is 22.6 Å². The van der Waals surface area contributed by atoms with Crippen molar-refractivity contribution in [1.29, 1.82) is 5.26 Å². The molecule has 1 aromatic heterocycles. The van der Waals surface area contributed by atoms with E-state index in [4.69, 9.17) is 0 Å². The summed E-state index contributed by atoms with van der Waals surface area (Å²) >= 11 is 0. The Morgan fingerprint density at radius 3 is 2.79 bits per heavy atom. The molecule has 0 radical (unpaired) electrons. The van der Waals surface area contributed by atoms with Gasteiger partial charge in [-0.2, -0.15) is 5.26 Å². The van der Waals surface area contributed by atoms with E-state index in [-0.39, 0.29) is 29.2 Å². The van der Waals surface area contributed by atoms with Gasteiger partial charge < -0.3 is 10.6 Å². The minimum atomic E-state index is -0.359. The molecule has 0 spiro atoms. The van der Waals surface area contributed by atoms with Crippen molar-refractivity contribution in [3.8, 4) is 6.07 Å². The number of hydrogen-bond donors (Lipinski definition) is 2. The molecule has 6 nitrogen and oxygen atoms in total. The topological polar surface area (TPSA) is 94.9 Å². The predicted octanol–water partition coefficient (Wildman–Crippen LogP) is 2.94. The SMILES string of the molecule is N#CC1(CNC(=O)[C@@H]2CCCC[C@@H]2NC(=O)c2ccc3ccncc3c2)CC1. The molecule has 2 aliphatic rings. The summed E-state index contributed by atoms with van der Waals surface area (Å²) in [6.45, 7) is 0.414. The van der Waals surface area contributed by atoms with E-state index in [0.29, 0.717) is 12.1 Å². The number of carbonyl (C=O) groups excluding carboxylic acids is 2. The standard InChI is InChI=1S/C22H24N4O2/c23-13-22(8-9-22)14-25-21(28)18-3-1-2-4-19(18)26-20(27)16-6-5-15-7-10-24-12-17(15)11-16/h5-7,10-12,18-19H,1-4,8-9,14H2,(H,25,28)(H,26,27)/t18-,19+/m1/s1. The van der Waals surface area contributed by atoms with Crippen LogP contribution in [0.3, 0.4) is 0 Å². The second-order valence-electron chi connectivity index (χ2n) is 8.02. The lowest BCUT2D eigenvalue weighted by atomic mass is 9.83. The molecule has 2 aliphatic carbocycles. The Bertz CT molecular complexity index is 945. The van der Waals surface area contributed by atoms with Gasteiger partial charge in [0.25, 0.3) is 5.91 Å². The molecule has 2 N–H and O–H groups in total. The Kier molecular flexibility index (Phi) is 4.99. The summed E-state index contributed by atoms with van der Waals surface area (Å²) < 4.78 is 0. The monoisotopic (exact) mass is 376 g/mol. The highest BCUT2D eigenvalue weighted by atomic mass is 16.2. The zero-order valence-electron chi connectivity index (χ0n) is 15.8. The minimum Gasteiger partial charge on any atom is -0.354 e. The first-order chi connectivity index (χ1) is 13.6. The van der Waals surface area contributed by atoms with Crippen LogP contribution in [0, 0.1) is 22.7 Å². The van der Waals surface area contributed by atoms with E-state index < -0.39 is 0 Å². The molecule has 6 heteroatoms. The highest BCUT2D eigenvalue weighted by molar-refractivity contribution is 5.98. The van der Waals surface area contributed by atoms with E-state index in [9.17, 15) is 14.9 Å². The minimum absolute atomic E-state index is 0.0470. The summed E-state index contributed by atoms with van der Waals surface area (Å²) in [6, 6.07) is 9.58. The van der Waals surface area contributed by atoms with Gasteiger partial charge in [-0.3, -0.25) is 14.6 Å². The predicted molar refractivity (Wildman–Crippen MR) is 105 cm³/mol. The average Bonchev–Trinajstić information content (AvgIpc) is 3.52. The molecule has 2 saturated carbocycles. The van der Waals surface area contributed by atoms with Crippen molar-refractivity contribution in [2.24, 2.45) is 11.3 Å². The summed E-state index contributed by atoms with van der Waals surface area (Å²) in [5.41, 5.74) is 0.217. The van der Waals surface area contributed by atoms with Gasteiger partial charge in [-0.25, -0.2) is 0 Å². The van der Waals surface area contributed by atoms with Gasteiger partial charge in [0.05, 0.1) is 17.4 Å². The van der Waals surface area contributed by atoms with Crippen LogP contribution < -0.4 is 10.6 Å². The fraction of sp³-hybridized carbons (Fsp3) is 0.455. The molecule has 2 aromatic rings. The Morgan fingerprint density at radius 2 is 2.00 bits per heavy atom. The van der Waals surface area contributed by atoms with Crippen LogP contribution in [0.15, 0.2) is 36.7 Å². The first-order valence-electron chi connectivity index (χ1n) is 9.94. The molecule has 2 amide bonds. The van der Waals surface area contributed by atoms with E-state index in [1.54, 1.807) is 18.5 Å².